The SMILES string of the molecule is CC(=O)COc1ccc2sc3ccccc3c(=O)c2c1.CC(=S)SC(C)(C)C(=O)OCCOc1ccc(C(=O)C(C)(C)O)cc1.CC(=S)SC(C)(C)C(=O)OCCOc1ccc(C(=O)C(C)(C)O)cc1.CCOC(=S)SC(C)(C)C(=O)OCCN(C)CCOC(=O)C(C)(C)SC(C)=S.CCOP(=O)(C(=O)c1c(C)cc(CSC(C)=S)cc1C)c1ccccc1.CSC(C)(C)C(=O)OCCOc1ccc(C(=O)C(C)(C)O)cc1. The molecule has 0 fully saturated rings. The molecule has 0 aliphatic carbocycles. The number of aryl methyl sites for hydroxylation is 2. The van der Waals surface area contributed by atoms with Crippen LogP contribution in [0.4, 0.5) is 0 Å². The van der Waals surface area contributed by atoms with Crippen LogP contribution < -0.4 is 29.7 Å². The predicted octanol–water partition coefficient (Wildman–Crippen LogP) is 22.3. The molecule has 147 heavy (non-hydrogen) atoms. The van der Waals surface area contributed by atoms with Gasteiger partial charge in [0, 0.05) is 83.4 Å². The summed E-state index contributed by atoms with van der Waals surface area (Å²) in [6.07, 6.45) is 1.86. The molecule has 1 atom stereocenters. The highest BCUT2D eigenvalue weighted by molar-refractivity contribution is 8.25. The standard InChI is InChI=1S/C20H23O3PS2.C18H31NO5S4.2C18H24O5S2.C17H24O5S.C16H12O3S/c1-5-23-24(22,18-9-7-6-8-10-18)20(21)19-14(2)11-17(12-15(19)3)13-26-16(4)25;1-8-22-16(26)28-18(5,6)15(21)24-12-10-19(7)9-11-23-14(20)17(3,4)27-13(2)25;2*1-12(24)25-18(4,5)16(20)23-11-10-22-14-8-6-13(7-9-14)15(19)17(2,3)21;1-16(2,20)14(18)12-6-8-13(9-7-12)21-10-11-22-15(19)17(3,4)23-5;1-10(17)9-19-11-6-7-15-13(8-11)16(18)12-4-2-3-5-14(12)20-15/h6-12H,5,13H2,1-4H3;8-12H2,1-7H3;2*6-9,21H,10-11H2,1-5H3;6-9,20H,10-11H2,1-5H3;2-8H,9H2,1H3. The van der Waals surface area contributed by atoms with Crippen LogP contribution in [0.5, 0.6) is 23.0 Å². The monoisotopic (exact) mass is 2270 g/mol. The molecule has 27 nitrogen and oxygen atoms in total. The number of thiocarbonyl (C=S) groups is 5. The third-order valence-corrected chi connectivity index (χ3v) is 30.8. The molecule has 0 saturated carbocycles. The van der Waals surface area contributed by atoms with Crippen LogP contribution in [-0.2, 0) is 72.0 Å². The summed E-state index contributed by atoms with van der Waals surface area (Å²) < 4.78 is 73.9. The minimum Gasteiger partial charge on any atom is -0.490 e. The Bertz CT molecular complexity index is 5810. The number of carbonyl (C=O) groups excluding carboxylic acids is 10. The number of Topliss-reactive ketones (excluding diaryl/α,β-unsaturated/α-hetero) is 4. The van der Waals surface area contributed by atoms with E-state index < -0.39 is 53.4 Å². The molecule has 1 heterocycles. The number of benzene rings is 7. The fraction of sp³-hybridized carbons (Fsp3) is 0.458. The number of fused-ring (bicyclic) bond motifs is 2. The first-order valence-electron chi connectivity index (χ1n) is 46.4. The molecule has 1 unspecified atom stereocenters. The quantitative estimate of drug-likeness (QED) is 0.00607. The number of ether oxygens (including phenoxy) is 10. The molecule has 1 aromatic heterocycles. The fourth-order valence-corrected chi connectivity index (χ4v) is 22.2. The van der Waals surface area contributed by atoms with Crippen molar-refractivity contribution in [2.75, 3.05) is 99.1 Å². The van der Waals surface area contributed by atoms with E-state index in [0.29, 0.717) is 98.0 Å². The number of nitrogens with zero attached hydrogens (tertiary/aromatic N) is 1. The second-order valence-corrected chi connectivity index (χ2v) is 53.9. The van der Waals surface area contributed by atoms with E-state index in [0.717, 1.165) is 36.0 Å². The van der Waals surface area contributed by atoms with Crippen LogP contribution in [0.15, 0.2) is 163 Å². The summed E-state index contributed by atoms with van der Waals surface area (Å²) in [5.41, 5.74) is -0.250. The van der Waals surface area contributed by atoms with Crippen molar-refractivity contribution in [2.45, 2.75) is 219 Å². The highest BCUT2D eigenvalue weighted by atomic mass is 32.2. The van der Waals surface area contributed by atoms with Crippen molar-refractivity contribution in [2.24, 2.45) is 0 Å². The van der Waals surface area contributed by atoms with Gasteiger partial charge in [-0.15, -0.1) is 70.1 Å². The normalized spacial score (nSPS) is 11.9. The summed E-state index contributed by atoms with van der Waals surface area (Å²) in [7, 11) is -1.78. The third kappa shape index (κ3) is 47.6. The van der Waals surface area contributed by atoms with E-state index in [9.17, 15) is 72.6 Å². The number of hydrogen-bond donors (Lipinski definition) is 3. The van der Waals surface area contributed by atoms with E-state index in [1.54, 1.807) is 229 Å². The maximum Gasteiger partial charge on any atom is 0.322 e. The number of aliphatic hydroxyl groups is 3. The molecule has 3 N–H and O–H groups in total. The lowest BCUT2D eigenvalue weighted by Gasteiger charge is -2.24. The molecule has 7 aromatic carbocycles. The summed E-state index contributed by atoms with van der Waals surface area (Å²) in [5.74, 6) is 0.219. The minimum atomic E-state index is -3.65. The highest BCUT2D eigenvalue weighted by Gasteiger charge is 2.40. The Kier molecular flexibility index (Phi) is 56.6. The van der Waals surface area contributed by atoms with Crippen molar-refractivity contribution in [1.29, 1.82) is 0 Å². The lowest BCUT2D eigenvalue weighted by Crippen LogP contribution is -2.36. The van der Waals surface area contributed by atoms with Gasteiger partial charge >= 0.3 is 37.2 Å². The lowest BCUT2D eigenvalue weighted by atomic mass is 9.97. The molecular weight excluding hydrogens is 2130 g/mol. The molecule has 0 saturated heterocycles. The van der Waals surface area contributed by atoms with Gasteiger partial charge < -0.3 is 67.2 Å². The number of likely N-dealkylation sites (N-methyl/N-ethyl adjacent to an activating group) is 1. The second-order valence-electron chi connectivity index (χ2n) is 36.7. The van der Waals surface area contributed by atoms with E-state index in [-0.39, 0.29) is 124 Å². The van der Waals surface area contributed by atoms with E-state index >= 15 is 0 Å². The zero-order valence-corrected chi connectivity index (χ0v) is 99.1. The molecule has 0 radical (unpaired) electrons. The van der Waals surface area contributed by atoms with Crippen LogP contribution in [0, 0.1) is 13.8 Å². The van der Waals surface area contributed by atoms with Crippen LogP contribution in [0.1, 0.15) is 217 Å². The van der Waals surface area contributed by atoms with Gasteiger partial charge in [0.25, 0.3) is 5.52 Å². The molecule has 804 valence electrons. The van der Waals surface area contributed by atoms with Gasteiger partial charge in [-0.3, -0.25) is 62.2 Å². The average molecular weight is 2270 g/mol. The molecular formula is C107H138NO26PS12. The second kappa shape index (κ2) is 62.6. The molecule has 8 aromatic rings. The van der Waals surface area contributed by atoms with Crippen LogP contribution >= 0.6 is 150 Å². The molecule has 0 spiro atoms. The van der Waals surface area contributed by atoms with E-state index in [2.05, 4.69) is 0 Å². The largest absolute Gasteiger partial charge is 0.490 e. The summed E-state index contributed by atoms with van der Waals surface area (Å²) in [6, 6.07) is 45.0. The van der Waals surface area contributed by atoms with Gasteiger partial charge in [0.05, 0.1) is 13.2 Å². The summed E-state index contributed by atoms with van der Waals surface area (Å²) in [6.45, 7) is 45.7. The van der Waals surface area contributed by atoms with E-state index in [4.69, 9.17) is 113 Å². The van der Waals surface area contributed by atoms with Crippen LogP contribution in [0.2, 0.25) is 0 Å². The van der Waals surface area contributed by atoms with Crippen molar-refractivity contribution >= 4 is 256 Å². The van der Waals surface area contributed by atoms with Crippen molar-refractivity contribution in [1.82, 2.24) is 4.90 Å². The first-order valence-corrected chi connectivity index (χ1v) is 56.4. The van der Waals surface area contributed by atoms with E-state index in [1.165, 1.54) is 107 Å². The van der Waals surface area contributed by atoms with Crippen molar-refractivity contribution in [3.8, 4) is 23.0 Å². The number of rotatable bonds is 45. The van der Waals surface area contributed by atoms with Gasteiger partial charge in [0.1, 0.15) is 123 Å². The number of thioether (sulfide) groups is 6. The summed E-state index contributed by atoms with van der Waals surface area (Å²) in [5, 5.41) is 30.9. The summed E-state index contributed by atoms with van der Waals surface area (Å²) >= 11 is 34.9. The van der Waals surface area contributed by atoms with Crippen LogP contribution in [-0.4, -0.2) is 239 Å². The highest BCUT2D eigenvalue weighted by Crippen LogP contribution is 2.50. The molecule has 40 heteroatoms. The predicted molar refractivity (Wildman–Crippen MR) is 620 cm³/mol. The Balaban J connectivity index is 0.000000454. The number of ketones is 4. The number of hydrogen-bond acceptors (Lipinski definition) is 39. The van der Waals surface area contributed by atoms with Gasteiger partial charge in [0.2, 0.25) is 4.38 Å². The van der Waals surface area contributed by atoms with E-state index in [1.807, 2.05) is 94.4 Å². The van der Waals surface area contributed by atoms with Crippen molar-refractivity contribution in [3.63, 3.8) is 0 Å². The lowest BCUT2D eigenvalue weighted by molar-refractivity contribution is -0.147. The van der Waals surface area contributed by atoms with Gasteiger partial charge in [-0.2, -0.15) is 0 Å². The molecule has 0 amide bonds. The van der Waals surface area contributed by atoms with Crippen molar-refractivity contribution in [3.05, 3.63) is 207 Å². The average Bonchev–Trinajstić information content (AvgIpc) is 0.770. The Hall–Kier alpha value is -8.29. The first kappa shape index (κ1) is 133. The topological polar surface area (TPSA) is 370 Å². The van der Waals surface area contributed by atoms with Gasteiger partial charge in [0.15, 0.2) is 28.6 Å². The third-order valence-electron chi connectivity index (χ3n) is 19.9. The Labute approximate surface area is 920 Å². The molecule has 0 aliphatic heterocycles. The molecule has 0 bridgehead atoms. The minimum absolute atomic E-state index is 0.00243. The molecule has 0 aliphatic rings. The van der Waals surface area contributed by atoms with Gasteiger partial charge in [-0.05, 0) is 331 Å². The smallest absolute Gasteiger partial charge is 0.322 e. The summed E-state index contributed by atoms with van der Waals surface area (Å²) in [4.78, 5) is 134. The Morgan fingerprint density at radius 3 is 1.10 bits per heavy atom. The molecule has 8 rings (SSSR count). The Morgan fingerprint density at radius 1 is 0.401 bits per heavy atom. The zero-order valence-electron chi connectivity index (χ0n) is 88.4. The van der Waals surface area contributed by atoms with Gasteiger partial charge in [-0.1, -0.05) is 103 Å². The zero-order chi connectivity index (χ0) is 112. The maximum atomic E-state index is 13.5. The number of esters is 5. The maximum absolute atomic E-state index is 13.5. The first-order chi connectivity index (χ1) is 68.2. The van der Waals surface area contributed by atoms with Crippen LogP contribution in [0.25, 0.3) is 20.2 Å². The van der Waals surface area contributed by atoms with Crippen LogP contribution in [0.3, 0.4) is 0 Å². The van der Waals surface area contributed by atoms with Gasteiger partial charge in [-0.25, -0.2) is 0 Å². The fourth-order valence-electron chi connectivity index (χ4n) is 12.2. The Morgan fingerprint density at radius 2 is 0.748 bits per heavy atom. The van der Waals surface area contributed by atoms with Crippen molar-refractivity contribution < 1.29 is 120 Å². The number of carbonyl (C=O) groups is 10.